The summed E-state index contributed by atoms with van der Waals surface area (Å²) in [7, 11) is 1.62. The first-order valence-electron chi connectivity index (χ1n) is 11.2. The molecule has 0 bridgehead atoms. The van der Waals surface area contributed by atoms with E-state index in [9.17, 15) is 9.59 Å². The van der Waals surface area contributed by atoms with Crippen LogP contribution in [-0.2, 0) is 11.2 Å². The number of aryl methyl sites for hydroxylation is 1. The van der Waals surface area contributed by atoms with Gasteiger partial charge in [-0.05, 0) is 72.5 Å². The van der Waals surface area contributed by atoms with Crippen LogP contribution in [0.5, 0.6) is 5.75 Å². The number of rotatable bonds is 8. The van der Waals surface area contributed by atoms with Crippen molar-refractivity contribution in [2.75, 3.05) is 23.1 Å². The summed E-state index contributed by atoms with van der Waals surface area (Å²) in [6.45, 7) is 2.17. The minimum Gasteiger partial charge on any atom is -0.497 e. The van der Waals surface area contributed by atoms with E-state index in [1.165, 1.54) is 5.56 Å². The maximum absolute atomic E-state index is 12.8. The maximum Gasteiger partial charge on any atom is 0.255 e. The molecule has 0 spiro atoms. The number of carbonyl (C=O) groups is 2. The average Bonchev–Trinajstić information content (AvgIpc) is 3.24. The van der Waals surface area contributed by atoms with Crippen molar-refractivity contribution < 1.29 is 14.3 Å². The van der Waals surface area contributed by atoms with E-state index >= 15 is 0 Å². The van der Waals surface area contributed by atoms with Gasteiger partial charge in [-0.3, -0.25) is 14.5 Å². The Morgan fingerprint density at radius 3 is 2.55 bits per heavy atom. The molecule has 0 saturated carbocycles. The van der Waals surface area contributed by atoms with Crippen molar-refractivity contribution in [1.29, 1.82) is 0 Å². The molecule has 4 rings (SSSR count). The summed E-state index contributed by atoms with van der Waals surface area (Å²) in [5.41, 5.74) is 4.38. The zero-order valence-electron chi connectivity index (χ0n) is 18.9. The minimum atomic E-state index is -0.152. The quantitative estimate of drug-likeness (QED) is 0.443. The normalized spacial score (nSPS) is 15.5. The number of unbranched alkanes of at least 4 members (excludes halogenated alkanes) is 1. The van der Waals surface area contributed by atoms with Crippen LogP contribution >= 0.6 is 11.8 Å². The minimum absolute atomic E-state index is 0.0627. The molecule has 5 nitrogen and oxygen atoms in total. The monoisotopic (exact) mass is 460 g/mol. The van der Waals surface area contributed by atoms with Crippen LogP contribution in [0, 0.1) is 0 Å². The summed E-state index contributed by atoms with van der Waals surface area (Å²) in [5.74, 6) is 1.08. The molecule has 6 heteroatoms. The number of nitrogens with one attached hydrogen (secondary N) is 1. The van der Waals surface area contributed by atoms with E-state index < -0.39 is 0 Å². The van der Waals surface area contributed by atoms with Crippen LogP contribution < -0.4 is 15.0 Å². The Kier molecular flexibility index (Phi) is 7.35. The Balaban J connectivity index is 1.49. The molecule has 33 heavy (non-hydrogen) atoms. The number of hydrogen-bond donors (Lipinski definition) is 1. The first-order valence-corrected chi connectivity index (χ1v) is 12.2. The van der Waals surface area contributed by atoms with Gasteiger partial charge in [0.1, 0.15) is 11.1 Å². The number of benzene rings is 3. The van der Waals surface area contributed by atoms with Crippen molar-refractivity contribution in [2.45, 2.75) is 31.6 Å². The van der Waals surface area contributed by atoms with Gasteiger partial charge >= 0.3 is 0 Å². The number of ether oxygens (including phenoxy) is 1. The van der Waals surface area contributed by atoms with Crippen LogP contribution in [0.25, 0.3) is 0 Å². The largest absolute Gasteiger partial charge is 0.497 e. The lowest BCUT2D eigenvalue weighted by Gasteiger charge is -2.25. The summed E-state index contributed by atoms with van der Waals surface area (Å²) in [6.07, 6.45) is 3.33. The third-order valence-corrected chi connectivity index (χ3v) is 6.90. The summed E-state index contributed by atoms with van der Waals surface area (Å²) in [6, 6.07) is 23.0. The molecule has 0 radical (unpaired) electrons. The summed E-state index contributed by atoms with van der Waals surface area (Å²) in [4.78, 5) is 27.2. The lowest BCUT2D eigenvalue weighted by atomic mass is 10.1. The standard InChI is InChI=1S/C27H28N2O3S/c1-3-4-6-19-9-11-20(12-10-19)26(31)28-22-8-5-7-21(17-22)27-29(25(30)18-33-27)23-13-15-24(32-2)16-14-23/h5,7-17,27H,3-4,6,18H2,1-2H3,(H,28,31)/t27-/m0/s1. The molecule has 0 aromatic heterocycles. The molecule has 1 fully saturated rings. The number of amides is 2. The number of hydrogen-bond acceptors (Lipinski definition) is 4. The molecule has 1 aliphatic heterocycles. The molecule has 1 saturated heterocycles. The van der Waals surface area contributed by atoms with Gasteiger partial charge in [-0.2, -0.15) is 0 Å². The molecule has 1 aliphatic rings. The predicted molar refractivity (Wildman–Crippen MR) is 135 cm³/mol. The van der Waals surface area contributed by atoms with Crippen molar-refractivity contribution in [3.63, 3.8) is 0 Å². The highest BCUT2D eigenvalue weighted by Crippen LogP contribution is 2.42. The predicted octanol–water partition coefficient (Wildman–Crippen LogP) is 6.07. The zero-order valence-corrected chi connectivity index (χ0v) is 19.7. The molecule has 1 heterocycles. The van der Waals surface area contributed by atoms with Gasteiger partial charge in [0, 0.05) is 16.9 Å². The lowest BCUT2D eigenvalue weighted by Crippen LogP contribution is -2.27. The average molecular weight is 461 g/mol. The van der Waals surface area contributed by atoms with Crippen molar-refractivity contribution in [1.82, 2.24) is 0 Å². The summed E-state index contributed by atoms with van der Waals surface area (Å²) >= 11 is 1.58. The third kappa shape index (κ3) is 5.40. The summed E-state index contributed by atoms with van der Waals surface area (Å²) < 4.78 is 5.23. The van der Waals surface area contributed by atoms with E-state index in [2.05, 4.69) is 12.2 Å². The highest BCUT2D eigenvalue weighted by Gasteiger charge is 2.34. The molecular weight excluding hydrogens is 432 g/mol. The smallest absolute Gasteiger partial charge is 0.255 e. The molecule has 1 N–H and O–H groups in total. The molecule has 3 aromatic carbocycles. The lowest BCUT2D eigenvalue weighted by molar-refractivity contribution is -0.115. The maximum atomic E-state index is 12.8. The second-order valence-corrected chi connectivity index (χ2v) is 9.07. The first kappa shape index (κ1) is 22.9. The van der Waals surface area contributed by atoms with E-state index in [0.717, 1.165) is 36.3 Å². The van der Waals surface area contributed by atoms with Gasteiger partial charge in [0.2, 0.25) is 5.91 Å². The van der Waals surface area contributed by atoms with Crippen molar-refractivity contribution >= 4 is 35.0 Å². The van der Waals surface area contributed by atoms with Crippen molar-refractivity contribution in [2.24, 2.45) is 0 Å². The summed E-state index contributed by atoms with van der Waals surface area (Å²) in [5, 5.41) is 2.85. The van der Waals surface area contributed by atoms with Gasteiger partial charge in [-0.1, -0.05) is 37.6 Å². The molecular formula is C27H28N2O3S. The van der Waals surface area contributed by atoms with Gasteiger partial charge < -0.3 is 10.1 Å². The molecule has 0 aliphatic carbocycles. The molecule has 0 unspecified atom stereocenters. The SMILES string of the molecule is CCCCc1ccc(C(=O)Nc2cccc([C@@H]3SCC(=O)N3c3ccc(OC)cc3)c2)cc1. The highest BCUT2D eigenvalue weighted by molar-refractivity contribution is 8.00. The van der Waals surface area contributed by atoms with Crippen LogP contribution in [0.15, 0.2) is 72.8 Å². The van der Waals surface area contributed by atoms with Gasteiger partial charge in [-0.25, -0.2) is 0 Å². The van der Waals surface area contributed by atoms with Gasteiger partial charge in [0.25, 0.3) is 5.91 Å². The Morgan fingerprint density at radius 2 is 1.85 bits per heavy atom. The van der Waals surface area contributed by atoms with E-state index in [4.69, 9.17) is 4.74 Å². The molecule has 2 amide bonds. The van der Waals surface area contributed by atoms with Gasteiger partial charge in [0.05, 0.1) is 12.9 Å². The van der Waals surface area contributed by atoms with E-state index in [-0.39, 0.29) is 17.2 Å². The Labute approximate surface area is 199 Å². The van der Waals surface area contributed by atoms with Crippen LogP contribution in [0.1, 0.15) is 46.6 Å². The second-order valence-electron chi connectivity index (χ2n) is 8.01. The molecule has 1 atom stereocenters. The van der Waals surface area contributed by atoms with Crippen molar-refractivity contribution in [3.05, 3.63) is 89.5 Å². The van der Waals surface area contributed by atoms with Gasteiger partial charge in [0.15, 0.2) is 0 Å². The van der Waals surface area contributed by atoms with Crippen LogP contribution in [0.2, 0.25) is 0 Å². The third-order valence-electron chi connectivity index (χ3n) is 5.68. The number of carbonyl (C=O) groups excluding carboxylic acids is 2. The van der Waals surface area contributed by atoms with E-state index in [1.54, 1.807) is 23.8 Å². The molecule has 170 valence electrons. The Morgan fingerprint density at radius 1 is 1.09 bits per heavy atom. The molecule has 3 aromatic rings. The number of methoxy groups -OCH3 is 1. The number of anilines is 2. The fourth-order valence-corrected chi connectivity index (χ4v) is 5.04. The van der Waals surface area contributed by atoms with Crippen molar-refractivity contribution in [3.8, 4) is 5.75 Å². The number of nitrogens with zero attached hydrogens (tertiary/aromatic N) is 1. The van der Waals surface area contributed by atoms with Gasteiger partial charge in [-0.15, -0.1) is 11.8 Å². The fraction of sp³-hybridized carbons (Fsp3) is 0.259. The second kappa shape index (κ2) is 10.6. The zero-order chi connectivity index (χ0) is 23.2. The van der Waals surface area contributed by atoms with Crippen LogP contribution in [-0.4, -0.2) is 24.7 Å². The highest BCUT2D eigenvalue weighted by atomic mass is 32.2. The van der Waals surface area contributed by atoms with E-state index in [0.29, 0.717) is 17.0 Å². The first-order chi connectivity index (χ1) is 16.1. The Hall–Kier alpha value is -3.25. The van der Waals surface area contributed by atoms with Crippen LogP contribution in [0.3, 0.4) is 0 Å². The topological polar surface area (TPSA) is 58.6 Å². The van der Waals surface area contributed by atoms with Crippen LogP contribution in [0.4, 0.5) is 11.4 Å². The fourth-order valence-electron chi connectivity index (χ4n) is 3.87. The number of thioether (sulfide) groups is 1. The Bertz CT molecular complexity index is 1110. The van der Waals surface area contributed by atoms with E-state index in [1.807, 2.05) is 72.8 Å².